The Morgan fingerprint density at radius 2 is 1.85 bits per heavy atom. The van der Waals surface area contributed by atoms with E-state index in [0.717, 1.165) is 12.8 Å². The van der Waals surface area contributed by atoms with Crippen molar-refractivity contribution in [1.82, 2.24) is 0 Å². The maximum Gasteiger partial charge on any atom is 0.341 e. The largest absolute Gasteiger partial charge is 0.383 e. The number of para-hydroxylation sites is 1. The minimum Gasteiger partial charge on any atom is -0.383 e. The van der Waals surface area contributed by atoms with Gasteiger partial charge in [-0.2, -0.15) is 8.78 Å². The Labute approximate surface area is 118 Å². The van der Waals surface area contributed by atoms with E-state index in [9.17, 15) is 17.2 Å². The van der Waals surface area contributed by atoms with Gasteiger partial charge in [0.1, 0.15) is 0 Å². The summed E-state index contributed by atoms with van der Waals surface area (Å²) in [5.41, 5.74) is 0.432. The monoisotopic (exact) mass is 303 g/mol. The third-order valence-corrected chi connectivity index (χ3v) is 5.61. The molecular formula is C14H19F2NO2S. The highest BCUT2D eigenvalue weighted by molar-refractivity contribution is 7.91. The van der Waals surface area contributed by atoms with E-state index < -0.39 is 15.6 Å². The molecule has 112 valence electrons. The normalized spacial score (nSPS) is 17.5. The fourth-order valence-corrected chi connectivity index (χ4v) is 3.25. The molecule has 1 saturated carbocycles. The van der Waals surface area contributed by atoms with E-state index >= 15 is 0 Å². The summed E-state index contributed by atoms with van der Waals surface area (Å²) in [6.07, 6.45) is 2.17. The quantitative estimate of drug-likeness (QED) is 0.874. The van der Waals surface area contributed by atoms with Gasteiger partial charge in [-0.1, -0.05) is 26.0 Å². The van der Waals surface area contributed by atoms with Crippen LogP contribution in [0.2, 0.25) is 0 Å². The maximum atomic E-state index is 12.7. The molecule has 0 amide bonds. The molecule has 3 nitrogen and oxygen atoms in total. The summed E-state index contributed by atoms with van der Waals surface area (Å²) in [5.74, 6) is -2.92. The molecule has 0 bridgehead atoms. The Morgan fingerprint density at radius 1 is 1.25 bits per heavy atom. The van der Waals surface area contributed by atoms with Crippen LogP contribution in [0.1, 0.15) is 26.7 Å². The van der Waals surface area contributed by atoms with Crippen LogP contribution in [-0.2, 0) is 9.84 Å². The van der Waals surface area contributed by atoms with E-state index in [0.29, 0.717) is 12.5 Å². The third-order valence-electron chi connectivity index (χ3n) is 4.18. The third kappa shape index (κ3) is 2.80. The van der Waals surface area contributed by atoms with Crippen LogP contribution >= 0.6 is 0 Å². The van der Waals surface area contributed by atoms with E-state index in [4.69, 9.17) is 0 Å². The van der Waals surface area contributed by atoms with Gasteiger partial charge in [0.25, 0.3) is 0 Å². The lowest BCUT2D eigenvalue weighted by Gasteiger charge is -2.21. The summed E-state index contributed by atoms with van der Waals surface area (Å²) in [6, 6.07) is 5.85. The molecule has 1 N–H and O–H groups in total. The predicted molar refractivity (Wildman–Crippen MR) is 74.6 cm³/mol. The molecule has 6 heteroatoms. The van der Waals surface area contributed by atoms with Crippen LogP contribution in [0.4, 0.5) is 14.5 Å². The van der Waals surface area contributed by atoms with Gasteiger partial charge in [-0.3, -0.25) is 0 Å². The van der Waals surface area contributed by atoms with Gasteiger partial charge >= 0.3 is 5.76 Å². The van der Waals surface area contributed by atoms with Crippen molar-refractivity contribution in [2.24, 2.45) is 11.3 Å². The zero-order valence-corrected chi connectivity index (χ0v) is 12.4. The van der Waals surface area contributed by atoms with Crippen molar-refractivity contribution in [2.75, 3.05) is 11.9 Å². The lowest BCUT2D eigenvalue weighted by molar-refractivity contribution is 0.235. The first-order valence-electron chi connectivity index (χ1n) is 6.64. The molecule has 1 aromatic carbocycles. The second-order valence-corrected chi connectivity index (χ2v) is 7.56. The van der Waals surface area contributed by atoms with Crippen molar-refractivity contribution < 1.29 is 17.2 Å². The molecule has 0 heterocycles. The average Bonchev–Trinajstić information content (AvgIpc) is 3.17. The van der Waals surface area contributed by atoms with Gasteiger partial charge in [0.15, 0.2) is 0 Å². The molecular weight excluding hydrogens is 284 g/mol. The second kappa shape index (κ2) is 5.31. The average molecular weight is 303 g/mol. The molecule has 0 unspecified atom stereocenters. The molecule has 1 fully saturated rings. The van der Waals surface area contributed by atoms with E-state index in [1.807, 2.05) is 0 Å². The number of hydrogen-bond acceptors (Lipinski definition) is 3. The van der Waals surface area contributed by atoms with Gasteiger partial charge < -0.3 is 5.32 Å². The molecule has 0 saturated heterocycles. The smallest absolute Gasteiger partial charge is 0.341 e. The molecule has 0 aromatic heterocycles. The van der Waals surface area contributed by atoms with Crippen LogP contribution in [0.15, 0.2) is 29.2 Å². The van der Waals surface area contributed by atoms with Crippen LogP contribution < -0.4 is 5.32 Å². The minimum absolute atomic E-state index is 0.168. The van der Waals surface area contributed by atoms with Gasteiger partial charge in [0.2, 0.25) is 9.84 Å². The van der Waals surface area contributed by atoms with E-state index in [1.54, 1.807) is 6.07 Å². The van der Waals surface area contributed by atoms with Gasteiger partial charge in [-0.25, -0.2) is 8.42 Å². The fraction of sp³-hybridized carbons (Fsp3) is 0.571. The lowest BCUT2D eigenvalue weighted by Crippen LogP contribution is -2.22. The zero-order chi connectivity index (χ0) is 15.0. The van der Waals surface area contributed by atoms with Crippen molar-refractivity contribution in [1.29, 1.82) is 0 Å². The van der Waals surface area contributed by atoms with Crippen molar-refractivity contribution in [3.63, 3.8) is 0 Å². The Bertz CT molecular complexity index is 581. The Hall–Kier alpha value is -1.17. The Kier molecular flexibility index (Phi) is 4.04. The summed E-state index contributed by atoms with van der Waals surface area (Å²) in [5, 5.41) is 3.05. The van der Waals surface area contributed by atoms with Gasteiger partial charge in [0.05, 0.1) is 10.6 Å². The van der Waals surface area contributed by atoms with Crippen LogP contribution in [0.3, 0.4) is 0 Å². The molecule has 0 radical (unpaired) electrons. The van der Waals surface area contributed by atoms with Crippen LogP contribution in [0.5, 0.6) is 0 Å². The summed E-state index contributed by atoms with van der Waals surface area (Å²) in [4.78, 5) is -0.324. The zero-order valence-electron chi connectivity index (χ0n) is 11.6. The SMILES string of the molecule is CC(C)C1(CNc2ccccc2S(=O)(=O)C(F)F)CC1. The highest BCUT2D eigenvalue weighted by Crippen LogP contribution is 2.51. The lowest BCUT2D eigenvalue weighted by atomic mass is 9.92. The second-order valence-electron chi connectivity index (χ2n) is 5.67. The molecule has 1 aliphatic rings. The van der Waals surface area contributed by atoms with E-state index in [1.165, 1.54) is 18.2 Å². The van der Waals surface area contributed by atoms with Crippen molar-refractivity contribution >= 4 is 15.5 Å². The summed E-state index contributed by atoms with van der Waals surface area (Å²) >= 11 is 0. The number of alkyl halides is 2. The van der Waals surface area contributed by atoms with E-state index in [2.05, 4.69) is 19.2 Å². The molecule has 2 rings (SSSR count). The van der Waals surface area contributed by atoms with Crippen LogP contribution in [-0.4, -0.2) is 20.7 Å². The molecule has 1 aromatic rings. The summed E-state index contributed by atoms with van der Waals surface area (Å²) in [6.45, 7) is 4.85. The Balaban J connectivity index is 2.22. The molecule has 0 atom stereocenters. The topological polar surface area (TPSA) is 46.2 Å². The van der Waals surface area contributed by atoms with Gasteiger partial charge in [0, 0.05) is 6.54 Å². The maximum absolute atomic E-state index is 12.7. The van der Waals surface area contributed by atoms with Crippen LogP contribution in [0, 0.1) is 11.3 Å². The van der Waals surface area contributed by atoms with Gasteiger partial charge in [-0.15, -0.1) is 0 Å². The van der Waals surface area contributed by atoms with Gasteiger partial charge in [-0.05, 0) is 36.3 Å². The van der Waals surface area contributed by atoms with Crippen LogP contribution in [0.25, 0.3) is 0 Å². The van der Waals surface area contributed by atoms with Crippen molar-refractivity contribution in [2.45, 2.75) is 37.3 Å². The first kappa shape index (κ1) is 15.2. The number of halogens is 2. The van der Waals surface area contributed by atoms with E-state index in [-0.39, 0.29) is 16.0 Å². The number of anilines is 1. The molecule has 0 aliphatic heterocycles. The number of nitrogens with one attached hydrogen (secondary N) is 1. The standard InChI is InChI=1S/C14H19F2NO2S/c1-10(2)14(7-8-14)9-17-11-5-3-4-6-12(11)20(18,19)13(15)16/h3-6,10,13,17H,7-9H2,1-2H3. The minimum atomic E-state index is -4.57. The Morgan fingerprint density at radius 3 is 2.35 bits per heavy atom. The summed E-state index contributed by atoms with van der Waals surface area (Å²) in [7, 11) is -4.57. The first-order chi connectivity index (χ1) is 9.29. The highest BCUT2D eigenvalue weighted by Gasteiger charge is 2.45. The number of benzene rings is 1. The molecule has 20 heavy (non-hydrogen) atoms. The first-order valence-corrected chi connectivity index (χ1v) is 8.19. The number of sulfone groups is 1. The fourth-order valence-electron chi connectivity index (χ4n) is 2.35. The number of rotatable bonds is 6. The molecule has 0 spiro atoms. The molecule has 1 aliphatic carbocycles. The highest BCUT2D eigenvalue weighted by atomic mass is 32.2. The predicted octanol–water partition coefficient (Wildman–Crippen LogP) is 3.53. The summed E-state index contributed by atoms with van der Waals surface area (Å²) < 4.78 is 48.6. The number of hydrogen-bond donors (Lipinski definition) is 1. The van der Waals surface area contributed by atoms with Crippen molar-refractivity contribution in [3.05, 3.63) is 24.3 Å². The van der Waals surface area contributed by atoms with Crippen molar-refractivity contribution in [3.8, 4) is 0 Å².